The predicted octanol–water partition coefficient (Wildman–Crippen LogP) is 3.90. The number of imide groups is 1. The summed E-state index contributed by atoms with van der Waals surface area (Å²) in [6, 6.07) is 12.1. The van der Waals surface area contributed by atoms with E-state index in [1.165, 1.54) is 0 Å². The predicted molar refractivity (Wildman–Crippen MR) is 97.9 cm³/mol. The summed E-state index contributed by atoms with van der Waals surface area (Å²) in [5, 5.41) is 4.28. The van der Waals surface area contributed by atoms with Crippen LogP contribution in [0.4, 0.5) is 19.3 Å². The number of hydrogen-bond acceptors (Lipinski definition) is 4. The molecule has 0 bridgehead atoms. The molecule has 142 valence electrons. The zero-order valence-corrected chi connectivity index (χ0v) is 14.5. The van der Waals surface area contributed by atoms with E-state index in [9.17, 15) is 18.4 Å². The molecule has 8 heteroatoms. The van der Waals surface area contributed by atoms with E-state index >= 15 is 0 Å². The van der Waals surface area contributed by atoms with Crippen molar-refractivity contribution in [1.29, 1.82) is 0 Å². The zero-order valence-electron chi connectivity index (χ0n) is 14.5. The Hall–Kier alpha value is -3.81. The minimum atomic E-state index is -1.18. The van der Waals surface area contributed by atoms with E-state index in [-0.39, 0.29) is 0 Å². The lowest BCUT2D eigenvalue weighted by Crippen LogP contribution is -2.35. The Morgan fingerprint density at radius 3 is 2.21 bits per heavy atom. The van der Waals surface area contributed by atoms with Crippen molar-refractivity contribution in [1.82, 2.24) is 10.3 Å². The fourth-order valence-corrected chi connectivity index (χ4v) is 2.32. The van der Waals surface area contributed by atoms with Gasteiger partial charge in [-0.1, -0.05) is 6.07 Å². The van der Waals surface area contributed by atoms with Crippen LogP contribution in [-0.4, -0.2) is 16.9 Å². The van der Waals surface area contributed by atoms with Crippen molar-refractivity contribution in [2.24, 2.45) is 0 Å². The maximum Gasteiger partial charge on any atom is 0.326 e. The smallest absolute Gasteiger partial charge is 0.326 e. The molecule has 2 N–H and O–H groups in total. The molecule has 2 aromatic carbocycles. The highest BCUT2D eigenvalue weighted by atomic mass is 19.1. The lowest BCUT2D eigenvalue weighted by Gasteiger charge is -2.09. The van der Waals surface area contributed by atoms with E-state index in [1.807, 2.05) is 17.4 Å². The highest BCUT2D eigenvalue weighted by molar-refractivity contribution is 6.08. The van der Waals surface area contributed by atoms with Crippen molar-refractivity contribution < 1.29 is 23.1 Å². The Labute approximate surface area is 159 Å². The van der Waals surface area contributed by atoms with E-state index in [0.29, 0.717) is 18.0 Å². The number of rotatable bonds is 5. The molecule has 0 aliphatic rings. The van der Waals surface area contributed by atoms with Crippen LogP contribution in [0.2, 0.25) is 0 Å². The average molecular weight is 383 g/mol. The molecule has 3 aromatic rings. The summed E-state index contributed by atoms with van der Waals surface area (Å²) in [6.07, 6.45) is 3.33. The monoisotopic (exact) mass is 383 g/mol. The van der Waals surface area contributed by atoms with Crippen LogP contribution in [0.15, 0.2) is 67.0 Å². The molecule has 0 spiro atoms. The van der Waals surface area contributed by atoms with Gasteiger partial charge < -0.3 is 10.1 Å². The Bertz CT molecular complexity index is 959. The number of anilines is 1. The van der Waals surface area contributed by atoms with Crippen LogP contribution < -0.4 is 15.4 Å². The molecule has 0 atom stereocenters. The number of ether oxygens (including phenoxy) is 1. The second kappa shape index (κ2) is 8.72. The van der Waals surface area contributed by atoms with E-state index in [0.717, 1.165) is 23.8 Å². The number of hydrogen-bond donors (Lipinski definition) is 2. The first-order valence-electron chi connectivity index (χ1n) is 8.21. The summed E-state index contributed by atoms with van der Waals surface area (Å²) < 4.78 is 32.7. The van der Waals surface area contributed by atoms with Gasteiger partial charge in [-0.25, -0.2) is 13.6 Å². The van der Waals surface area contributed by atoms with E-state index in [4.69, 9.17) is 4.74 Å². The van der Waals surface area contributed by atoms with Gasteiger partial charge in [-0.05, 0) is 54.1 Å². The fraction of sp³-hybridized carbons (Fsp3) is 0.0500. The normalized spacial score (nSPS) is 10.2. The Kier molecular flexibility index (Phi) is 5.91. The molecule has 0 aliphatic carbocycles. The van der Waals surface area contributed by atoms with Crippen molar-refractivity contribution >= 4 is 17.6 Å². The van der Waals surface area contributed by atoms with Crippen LogP contribution in [0.25, 0.3) is 0 Å². The molecule has 6 nitrogen and oxygen atoms in total. The maximum absolute atomic E-state index is 13.6. The Balaban J connectivity index is 1.55. The Morgan fingerprint density at radius 1 is 0.929 bits per heavy atom. The molecule has 0 saturated heterocycles. The summed E-state index contributed by atoms with van der Waals surface area (Å²) in [5.74, 6) is -2.71. The second-order valence-corrected chi connectivity index (χ2v) is 5.67. The third kappa shape index (κ3) is 4.88. The highest BCUT2D eigenvalue weighted by Crippen LogP contribution is 2.17. The quantitative estimate of drug-likeness (QED) is 0.700. The molecular weight excluding hydrogens is 368 g/mol. The number of amides is 3. The summed E-state index contributed by atoms with van der Waals surface area (Å²) in [5.41, 5.74) is 0.503. The largest absolute Gasteiger partial charge is 0.489 e. The molecule has 28 heavy (non-hydrogen) atoms. The summed E-state index contributed by atoms with van der Waals surface area (Å²) >= 11 is 0. The first-order chi connectivity index (χ1) is 13.5. The standard InChI is InChI=1S/C20H15F2N3O3/c21-16-2-1-3-17(22)18(16)19(26)25-20(27)24-14-4-6-15(7-5-14)28-12-13-8-10-23-11-9-13/h1-11H,12H2,(H2,24,25,26,27). The molecule has 0 fully saturated rings. The maximum atomic E-state index is 13.6. The van der Waals surface area contributed by atoms with Crippen LogP contribution in [0.1, 0.15) is 15.9 Å². The molecule has 0 aliphatic heterocycles. The van der Waals surface area contributed by atoms with Gasteiger partial charge in [0.25, 0.3) is 5.91 Å². The minimum absolute atomic E-state index is 0.360. The van der Waals surface area contributed by atoms with Gasteiger partial charge in [0.15, 0.2) is 0 Å². The van der Waals surface area contributed by atoms with Gasteiger partial charge in [0.1, 0.15) is 29.6 Å². The van der Waals surface area contributed by atoms with Crippen LogP contribution in [0.5, 0.6) is 5.75 Å². The molecule has 0 saturated carbocycles. The van der Waals surface area contributed by atoms with Crippen molar-refractivity contribution in [2.45, 2.75) is 6.61 Å². The highest BCUT2D eigenvalue weighted by Gasteiger charge is 2.19. The topological polar surface area (TPSA) is 80.3 Å². The number of benzene rings is 2. The summed E-state index contributed by atoms with van der Waals surface area (Å²) in [6.45, 7) is 0.360. The molecule has 3 rings (SSSR count). The minimum Gasteiger partial charge on any atom is -0.489 e. The number of nitrogens with one attached hydrogen (secondary N) is 2. The third-order valence-corrected chi connectivity index (χ3v) is 3.68. The second-order valence-electron chi connectivity index (χ2n) is 5.67. The number of carbonyl (C=O) groups is 2. The number of nitrogens with zero attached hydrogens (tertiary/aromatic N) is 1. The van der Waals surface area contributed by atoms with Gasteiger partial charge in [-0.3, -0.25) is 15.1 Å². The number of pyridine rings is 1. The molecule has 0 unspecified atom stereocenters. The van der Waals surface area contributed by atoms with Gasteiger partial charge >= 0.3 is 6.03 Å². The first kappa shape index (κ1) is 19.0. The zero-order chi connectivity index (χ0) is 19.9. The van der Waals surface area contributed by atoms with Crippen molar-refractivity contribution in [2.75, 3.05) is 5.32 Å². The molecule has 3 amide bonds. The van der Waals surface area contributed by atoms with Crippen molar-refractivity contribution in [3.63, 3.8) is 0 Å². The van der Waals surface area contributed by atoms with Crippen LogP contribution in [0, 0.1) is 11.6 Å². The van der Waals surface area contributed by atoms with Gasteiger partial charge in [0.2, 0.25) is 0 Å². The number of halogens is 2. The van der Waals surface area contributed by atoms with Crippen LogP contribution in [0.3, 0.4) is 0 Å². The van der Waals surface area contributed by atoms with Crippen LogP contribution >= 0.6 is 0 Å². The van der Waals surface area contributed by atoms with Gasteiger partial charge in [0, 0.05) is 18.1 Å². The molecule has 0 radical (unpaired) electrons. The summed E-state index contributed by atoms with van der Waals surface area (Å²) in [4.78, 5) is 27.7. The Morgan fingerprint density at radius 2 is 1.57 bits per heavy atom. The molecular formula is C20H15F2N3O3. The fourth-order valence-electron chi connectivity index (χ4n) is 2.32. The average Bonchev–Trinajstić information content (AvgIpc) is 2.68. The van der Waals surface area contributed by atoms with Gasteiger partial charge in [-0.2, -0.15) is 0 Å². The van der Waals surface area contributed by atoms with E-state index in [2.05, 4.69) is 10.3 Å². The van der Waals surface area contributed by atoms with Crippen LogP contribution in [-0.2, 0) is 6.61 Å². The summed E-state index contributed by atoms with van der Waals surface area (Å²) in [7, 11) is 0. The van der Waals surface area contributed by atoms with Gasteiger partial charge in [0.05, 0.1) is 0 Å². The first-order valence-corrected chi connectivity index (χ1v) is 8.21. The number of urea groups is 1. The molecule has 1 aromatic heterocycles. The van der Waals surface area contributed by atoms with Crippen molar-refractivity contribution in [3.8, 4) is 5.75 Å². The van der Waals surface area contributed by atoms with Gasteiger partial charge in [-0.15, -0.1) is 0 Å². The number of carbonyl (C=O) groups excluding carboxylic acids is 2. The van der Waals surface area contributed by atoms with E-state index in [1.54, 1.807) is 36.7 Å². The third-order valence-electron chi connectivity index (χ3n) is 3.68. The lowest BCUT2D eigenvalue weighted by atomic mass is 10.2. The van der Waals surface area contributed by atoms with Crippen molar-refractivity contribution in [3.05, 3.63) is 89.8 Å². The van der Waals surface area contributed by atoms with E-state index < -0.39 is 29.1 Å². The number of aromatic nitrogens is 1. The lowest BCUT2D eigenvalue weighted by molar-refractivity contribution is 0.0959. The molecule has 1 heterocycles. The SMILES string of the molecule is O=C(NC(=O)c1c(F)cccc1F)Nc1ccc(OCc2ccncc2)cc1.